The minimum atomic E-state index is -3.84. The van der Waals surface area contributed by atoms with Crippen LogP contribution in [0.25, 0.3) is 0 Å². The van der Waals surface area contributed by atoms with Crippen molar-refractivity contribution >= 4 is 10.1 Å². The Morgan fingerprint density at radius 1 is 1.29 bits per heavy atom. The lowest BCUT2D eigenvalue weighted by Crippen LogP contribution is -2.18. The Bertz CT molecular complexity index is 488. The van der Waals surface area contributed by atoms with E-state index in [0.29, 0.717) is 6.42 Å². The molecule has 0 radical (unpaired) electrons. The second-order valence-electron chi connectivity index (χ2n) is 4.11. The average molecular weight is 253 g/mol. The summed E-state index contributed by atoms with van der Waals surface area (Å²) >= 11 is 0. The van der Waals surface area contributed by atoms with Crippen LogP contribution >= 0.6 is 0 Å². The van der Waals surface area contributed by atoms with E-state index >= 15 is 0 Å². The van der Waals surface area contributed by atoms with Gasteiger partial charge in [-0.1, -0.05) is 32.0 Å². The number of nitriles is 1. The Labute approximate surface area is 102 Å². The fourth-order valence-electron chi connectivity index (χ4n) is 1.34. The molecule has 0 aromatic heterocycles. The quantitative estimate of drug-likeness (QED) is 0.755. The van der Waals surface area contributed by atoms with Crippen molar-refractivity contribution in [2.75, 3.05) is 0 Å². The van der Waals surface area contributed by atoms with E-state index in [-0.39, 0.29) is 10.8 Å². The first kappa shape index (κ1) is 13.7. The summed E-state index contributed by atoms with van der Waals surface area (Å²) in [5, 5.41) is 8.85. The molecule has 0 aliphatic heterocycles. The summed E-state index contributed by atoms with van der Waals surface area (Å²) in [5.41, 5.74) is 0. The van der Waals surface area contributed by atoms with Crippen molar-refractivity contribution in [2.24, 2.45) is 5.92 Å². The molecule has 0 heterocycles. The molecule has 17 heavy (non-hydrogen) atoms. The zero-order valence-corrected chi connectivity index (χ0v) is 10.6. The maximum atomic E-state index is 11.8. The molecule has 1 atom stereocenters. The third kappa shape index (κ3) is 4.17. The van der Waals surface area contributed by atoms with E-state index in [0.717, 1.165) is 0 Å². The molecule has 0 saturated heterocycles. The van der Waals surface area contributed by atoms with E-state index in [1.54, 1.807) is 18.2 Å². The molecule has 0 saturated carbocycles. The average Bonchev–Trinajstić information content (AvgIpc) is 2.28. The number of hydrogen-bond acceptors (Lipinski definition) is 4. The van der Waals surface area contributed by atoms with Crippen LogP contribution in [0.3, 0.4) is 0 Å². The highest BCUT2D eigenvalue weighted by Crippen LogP contribution is 2.17. The largest absolute Gasteiger partial charge is 0.298 e. The lowest BCUT2D eigenvalue weighted by molar-refractivity contribution is 0.232. The molecule has 4 nitrogen and oxygen atoms in total. The molecule has 1 aromatic rings. The molecule has 1 unspecified atom stereocenters. The van der Waals surface area contributed by atoms with Gasteiger partial charge in [-0.3, -0.25) is 0 Å². The molecular formula is C12H15NO3S. The van der Waals surface area contributed by atoms with Crippen LogP contribution in [0.15, 0.2) is 35.2 Å². The van der Waals surface area contributed by atoms with Crippen molar-refractivity contribution < 1.29 is 12.6 Å². The molecule has 92 valence electrons. The summed E-state index contributed by atoms with van der Waals surface area (Å²) in [6.45, 7) is 3.81. The zero-order valence-electron chi connectivity index (χ0n) is 9.83. The molecule has 0 fully saturated rings. The standard InChI is InChI=1S/C12H15NO3S/c1-10(2)8-11(9-13)16-17(14,15)12-6-4-3-5-7-12/h3-7,10-11H,8H2,1-2H3. The molecule has 0 spiro atoms. The number of hydrogen-bond donors (Lipinski definition) is 0. The van der Waals surface area contributed by atoms with Gasteiger partial charge in [0.05, 0.1) is 11.0 Å². The number of nitrogens with zero attached hydrogens (tertiary/aromatic N) is 1. The highest BCUT2D eigenvalue weighted by Gasteiger charge is 2.21. The lowest BCUT2D eigenvalue weighted by atomic mass is 10.1. The maximum Gasteiger partial charge on any atom is 0.298 e. The molecule has 0 N–H and O–H groups in total. The maximum absolute atomic E-state index is 11.8. The summed E-state index contributed by atoms with van der Waals surface area (Å²) < 4.78 is 28.5. The van der Waals surface area contributed by atoms with E-state index in [4.69, 9.17) is 9.44 Å². The fraction of sp³-hybridized carbons (Fsp3) is 0.417. The third-order valence-corrected chi connectivity index (χ3v) is 3.44. The Hall–Kier alpha value is -1.38. The second kappa shape index (κ2) is 5.80. The molecule has 1 aromatic carbocycles. The minimum absolute atomic E-state index is 0.0732. The second-order valence-corrected chi connectivity index (χ2v) is 5.68. The Kier molecular flexibility index (Phi) is 4.67. The molecule has 0 bridgehead atoms. The van der Waals surface area contributed by atoms with E-state index in [2.05, 4.69) is 0 Å². The highest BCUT2D eigenvalue weighted by molar-refractivity contribution is 7.86. The highest BCUT2D eigenvalue weighted by atomic mass is 32.2. The van der Waals surface area contributed by atoms with Gasteiger partial charge >= 0.3 is 0 Å². The van der Waals surface area contributed by atoms with Gasteiger partial charge in [0.25, 0.3) is 10.1 Å². The first-order chi connectivity index (χ1) is 7.95. The van der Waals surface area contributed by atoms with Crippen molar-refractivity contribution in [3.63, 3.8) is 0 Å². The summed E-state index contributed by atoms with van der Waals surface area (Å²) in [4.78, 5) is 0.0732. The topological polar surface area (TPSA) is 67.2 Å². The first-order valence-corrected chi connectivity index (χ1v) is 6.74. The van der Waals surface area contributed by atoms with Crippen molar-refractivity contribution in [2.45, 2.75) is 31.3 Å². The smallest absolute Gasteiger partial charge is 0.248 e. The molecule has 0 aliphatic rings. The predicted octanol–water partition coefficient (Wildman–Crippen LogP) is 2.33. The van der Waals surface area contributed by atoms with Gasteiger partial charge in [0.1, 0.15) is 0 Å². The van der Waals surface area contributed by atoms with Gasteiger partial charge in [0.15, 0.2) is 6.10 Å². The monoisotopic (exact) mass is 253 g/mol. The van der Waals surface area contributed by atoms with Crippen LogP contribution in [0.1, 0.15) is 20.3 Å². The van der Waals surface area contributed by atoms with Crippen molar-refractivity contribution in [3.05, 3.63) is 30.3 Å². The number of rotatable bonds is 5. The van der Waals surface area contributed by atoms with E-state index in [1.165, 1.54) is 12.1 Å². The van der Waals surface area contributed by atoms with Crippen LogP contribution in [0.2, 0.25) is 0 Å². The van der Waals surface area contributed by atoms with Gasteiger partial charge in [-0.05, 0) is 24.5 Å². The third-order valence-electron chi connectivity index (χ3n) is 2.10. The minimum Gasteiger partial charge on any atom is -0.248 e. The van der Waals surface area contributed by atoms with Crippen molar-refractivity contribution in [3.8, 4) is 6.07 Å². The molecule has 0 amide bonds. The van der Waals surface area contributed by atoms with Crippen LogP contribution < -0.4 is 0 Å². The van der Waals surface area contributed by atoms with Crippen LogP contribution in [0.4, 0.5) is 0 Å². The lowest BCUT2D eigenvalue weighted by Gasteiger charge is -2.12. The SMILES string of the molecule is CC(C)CC(C#N)OS(=O)(=O)c1ccccc1. The Morgan fingerprint density at radius 3 is 2.35 bits per heavy atom. The molecule has 0 aliphatic carbocycles. The van der Waals surface area contributed by atoms with Crippen LogP contribution in [-0.2, 0) is 14.3 Å². The van der Waals surface area contributed by atoms with E-state index in [1.807, 2.05) is 19.9 Å². The summed E-state index contributed by atoms with van der Waals surface area (Å²) in [5.74, 6) is 0.200. The molecule has 5 heteroatoms. The van der Waals surface area contributed by atoms with E-state index in [9.17, 15) is 8.42 Å². The van der Waals surface area contributed by atoms with E-state index < -0.39 is 16.2 Å². The van der Waals surface area contributed by atoms with Crippen LogP contribution in [0, 0.1) is 17.2 Å². The fourth-order valence-corrected chi connectivity index (χ4v) is 2.37. The van der Waals surface area contributed by atoms with Crippen LogP contribution in [0.5, 0.6) is 0 Å². The van der Waals surface area contributed by atoms with Crippen molar-refractivity contribution in [1.82, 2.24) is 0 Å². The van der Waals surface area contributed by atoms with Gasteiger partial charge in [0, 0.05) is 0 Å². The zero-order chi connectivity index (χ0) is 12.9. The summed E-state index contributed by atoms with van der Waals surface area (Å²) in [6.07, 6.45) is -0.539. The predicted molar refractivity (Wildman–Crippen MR) is 63.6 cm³/mol. The van der Waals surface area contributed by atoms with Gasteiger partial charge in [-0.2, -0.15) is 13.7 Å². The van der Waals surface area contributed by atoms with Gasteiger partial charge in [0.2, 0.25) is 0 Å². The molecule has 1 rings (SSSR count). The van der Waals surface area contributed by atoms with Gasteiger partial charge in [-0.25, -0.2) is 4.18 Å². The van der Waals surface area contributed by atoms with Gasteiger partial charge in [-0.15, -0.1) is 0 Å². The summed E-state index contributed by atoms with van der Waals surface area (Å²) in [6, 6.07) is 9.68. The molecular weight excluding hydrogens is 238 g/mol. The Balaban J connectivity index is 2.84. The van der Waals surface area contributed by atoms with Crippen molar-refractivity contribution in [1.29, 1.82) is 5.26 Å². The van der Waals surface area contributed by atoms with Crippen LogP contribution in [-0.4, -0.2) is 14.5 Å². The summed E-state index contributed by atoms with van der Waals surface area (Å²) in [7, 11) is -3.84. The van der Waals surface area contributed by atoms with Gasteiger partial charge < -0.3 is 0 Å². The number of benzene rings is 1. The first-order valence-electron chi connectivity index (χ1n) is 5.33. The Morgan fingerprint density at radius 2 is 1.88 bits per heavy atom. The normalized spacial score (nSPS) is 13.3.